The van der Waals surface area contributed by atoms with E-state index in [1.165, 1.54) is 0 Å². The van der Waals surface area contributed by atoms with Crippen molar-refractivity contribution in [2.45, 2.75) is 38.9 Å². The second-order valence-electron chi connectivity index (χ2n) is 3.81. The van der Waals surface area contributed by atoms with E-state index in [9.17, 15) is 8.42 Å². The van der Waals surface area contributed by atoms with Crippen LogP contribution in [0.4, 0.5) is 0 Å². The van der Waals surface area contributed by atoms with E-state index in [2.05, 4.69) is 0 Å². The molecule has 13 heavy (non-hydrogen) atoms. The Labute approximate surface area is 81.6 Å². The molecule has 0 spiro atoms. The maximum Gasteiger partial charge on any atom is 0.153 e. The van der Waals surface area contributed by atoms with E-state index in [0.29, 0.717) is 13.0 Å². The van der Waals surface area contributed by atoms with Gasteiger partial charge in [0.2, 0.25) is 0 Å². The number of hydrogen-bond donors (Lipinski definition) is 1. The Hall–Kier alpha value is -0.0900. The van der Waals surface area contributed by atoms with Crippen molar-refractivity contribution in [1.82, 2.24) is 0 Å². The van der Waals surface area contributed by atoms with Gasteiger partial charge < -0.3 is 5.73 Å². The third-order valence-electron chi connectivity index (χ3n) is 2.39. The van der Waals surface area contributed by atoms with Gasteiger partial charge in [-0.3, -0.25) is 0 Å². The number of hydrogen-bond acceptors (Lipinski definition) is 3. The van der Waals surface area contributed by atoms with E-state index in [0.717, 1.165) is 6.42 Å². The Kier molecular flexibility index (Phi) is 5.56. The molecule has 0 radical (unpaired) electrons. The molecule has 0 fully saturated rings. The first-order chi connectivity index (χ1) is 5.91. The predicted octanol–water partition coefficient (Wildman–Crippen LogP) is 1.18. The first-order valence-electron chi connectivity index (χ1n) is 4.83. The number of unbranched alkanes of at least 4 members (excludes halogenated alkanes) is 1. The SMILES string of the molecule is CC(C)C(C)S(=O)(=O)CCCCN. The van der Waals surface area contributed by atoms with Crippen molar-refractivity contribution in [1.29, 1.82) is 0 Å². The minimum atomic E-state index is -2.89. The number of nitrogens with two attached hydrogens (primary N) is 1. The zero-order chi connectivity index (χ0) is 10.5. The fourth-order valence-corrected chi connectivity index (χ4v) is 2.86. The van der Waals surface area contributed by atoms with Gasteiger partial charge in [0.05, 0.1) is 11.0 Å². The van der Waals surface area contributed by atoms with Crippen molar-refractivity contribution < 1.29 is 8.42 Å². The molecule has 3 nitrogen and oxygen atoms in total. The summed E-state index contributed by atoms with van der Waals surface area (Å²) in [4.78, 5) is 0. The zero-order valence-electron chi connectivity index (χ0n) is 8.79. The monoisotopic (exact) mass is 207 g/mol. The summed E-state index contributed by atoms with van der Waals surface area (Å²) in [6.45, 7) is 6.23. The highest BCUT2D eigenvalue weighted by Crippen LogP contribution is 2.13. The molecular formula is C9H21NO2S. The van der Waals surface area contributed by atoms with Gasteiger partial charge in [-0.1, -0.05) is 13.8 Å². The van der Waals surface area contributed by atoms with Crippen LogP contribution >= 0.6 is 0 Å². The molecule has 0 heterocycles. The highest BCUT2D eigenvalue weighted by atomic mass is 32.2. The molecule has 1 atom stereocenters. The van der Waals surface area contributed by atoms with Crippen LogP contribution < -0.4 is 5.73 Å². The van der Waals surface area contributed by atoms with E-state index in [1.54, 1.807) is 6.92 Å². The van der Waals surface area contributed by atoms with Crippen LogP contribution in [-0.2, 0) is 9.84 Å². The lowest BCUT2D eigenvalue weighted by atomic mass is 10.2. The van der Waals surface area contributed by atoms with Crippen LogP contribution in [0.25, 0.3) is 0 Å². The molecule has 0 amide bonds. The van der Waals surface area contributed by atoms with Crippen molar-refractivity contribution in [2.24, 2.45) is 11.7 Å². The van der Waals surface area contributed by atoms with Crippen LogP contribution in [-0.4, -0.2) is 26.0 Å². The molecule has 0 aliphatic rings. The van der Waals surface area contributed by atoms with E-state index in [4.69, 9.17) is 5.73 Å². The van der Waals surface area contributed by atoms with Crippen LogP contribution in [0.5, 0.6) is 0 Å². The van der Waals surface area contributed by atoms with Gasteiger partial charge in [0, 0.05) is 0 Å². The van der Waals surface area contributed by atoms with Crippen molar-refractivity contribution in [3.8, 4) is 0 Å². The molecule has 0 saturated carbocycles. The summed E-state index contributed by atoms with van der Waals surface area (Å²) >= 11 is 0. The van der Waals surface area contributed by atoms with Crippen LogP contribution in [0.1, 0.15) is 33.6 Å². The van der Waals surface area contributed by atoms with Crippen LogP contribution in [0.3, 0.4) is 0 Å². The molecule has 0 bridgehead atoms. The summed E-state index contributed by atoms with van der Waals surface area (Å²) in [5.41, 5.74) is 5.30. The third kappa shape index (κ3) is 4.62. The lowest BCUT2D eigenvalue weighted by Gasteiger charge is -2.15. The average Bonchev–Trinajstić information content (AvgIpc) is 2.03. The summed E-state index contributed by atoms with van der Waals surface area (Å²) in [6, 6.07) is 0. The molecule has 4 heteroatoms. The predicted molar refractivity (Wildman–Crippen MR) is 56.4 cm³/mol. The van der Waals surface area contributed by atoms with Crippen LogP contribution in [0.2, 0.25) is 0 Å². The Morgan fingerprint density at radius 3 is 2.08 bits per heavy atom. The smallest absolute Gasteiger partial charge is 0.153 e. The first-order valence-corrected chi connectivity index (χ1v) is 6.55. The van der Waals surface area contributed by atoms with Crippen molar-refractivity contribution in [2.75, 3.05) is 12.3 Å². The Bertz CT molecular complexity index is 222. The second kappa shape index (κ2) is 5.60. The standard InChI is InChI=1S/C9H21NO2S/c1-8(2)9(3)13(11,12)7-5-4-6-10/h8-9H,4-7,10H2,1-3H3. The molecule has 0 rings (SSSR count). The molecule has 0 aromatic carbocycles. The Balaban J connectivity index is 4.08. The molecule has 1 unspecified atom stereocenters. The topological polar surface area (TPSA) is 60.2 Å². The number of sulfone groups is 1. The van der Waals surface area contributed by atoms with Crippen molar-refractivity contribution >= 4 is 9.84 Å². The summed E-state index contributed by atoms with van der Waals surface area (Å²) in [5.74, 6) is 0.478. The van der Waals surface area contributed by atoms with Gasteiger partial charge in [-0.25, -0.2) is 8.42 Å². The molecule has 0 aliphatic heterocycles. The summed E-state index contributed by atoms with van der Waals surface area (Å²) in [6.07, 6.45) is 1.49. The largest absolute Gasteiger partial charge is 0.330 e. The highest BCUT2D eigenvalue weighted by molar-refractivity contribution is 7.92. The van der Waals surface area contributed by atoms with Crippen LogP contribution in [0.15, 0.2) is 0 Å². The van der Waals surface area contributed by atoms with Gasteiger partial charge in [-0.2, -0.15) is 0 Å². The van der Waals surface area contributed by atoms with Crippen LogP contribution in [0, 0.1) is 5.92 Å². The third-order valence-corrected chi connectivity index (χ3v) is 4.92. The average molecular weight is 207 g/mol. The lowest BCUT2D eigenvalue weighted by Crippen LogP contribution is -2.26. The molecule has 0 aromatic rings. The molecular weight excluding hydrogens is 186 g/mol. The van der Waals surface area contributed by atoms with Crippen molar-refractivity contribution in [3.63, 3.8) is 0 Å². The van der Waals surface area contributed by atoms with Crippen molar-refractivity contribution in [3.05, 3.63) is 0 Å². The normalized spacial score (nSPS) is 14.8. The van der Waals surface area contributed by atoms with E-state index in [-0.39, 0.29) is 16.9 Å². The Morgan fingerprint density at radius 1 is 1.15 bits per heavy atom. The van der Waals surface area contributed by atoms with E-state index in [1.807, 2.05) is 13.8 Å². The van der Waals surface area contributed by atoms with Gasteiger partial charge in [-0.15, -0.1) is 0 Å². The van der Waals surface area contributed by atoms with Gasteiger partial charge in [0.25, 0.3) is 0 Å². The molecule has 2 N–H and O–H groups in total. The highest BCUT2D eigenvalue weighted by Gasteiger charge is 2.22. The fraction of sp³-hybridized carbons (Fsp3) is 1.00. The maximum absolute atomic E-state index is 11.6. The van der Waals surface area contributed by atoms with E-state index < -0.39 is 9.84 Å². The maximum atomic E-state index is 11.6. The molecule has 0 aromatic heterocycles. The summed E-state index contributed by atoms with van der Waals surface area (Å²) in [5, 5.41) is -0.231. The summed E-state index contributed by atoms with van der Waals surface area (Å²) < 4.78 is 23.2. The minimum absolute atomic E-state index is 0.197. The molecule has 80 valence electrons. The minimum Gasteiger partial charge on any atom is -0.330 e. The zero-order valence-corrected chi connectivity index (χ0v) is 9.60. The fourth-order valence-electron chi connectivity index (χ4n) is 1.05. The Morgan fingerprint density at radius 2 is 1.69 bits per heavy atom. The van der Waals surface area contributed by atoms with Gasteiger partial charge >= 0.3 is 0 Å². The quantitative estimate of drug-likeness (QED) is 0.665. The molecule has 0 aliphatic carbocycles. The summed E-state index contributed by atoms with van der Waals surface area (Å²) in [7, 11) is -2.89. The van der Waals surface area contributed by atoms with Gasteiger partial charge in [0.15, 0.2) is 9.84 Å². The first kappa shape index (κ1) is 12.9. The molecule has 0 saturated heterocycles. The number of rotatable bonds is 6. The lowest BCUT2D eigenvalue weighted by molar-refractivity contribution is 0.543. The second-order valence-corrected chi connectivity index (χ2v) is 6.29. The van der Waals surface area contributed by atoms with E-state index >= 15 is 0 Å². The van der Waals surface area contributed by atoms with Gasteiger partial charge in [0.1, 0.15) is 0 Å². The van der Waals surface area contributed by atoms with Gasteiger partial charge in [-0.05, 0) is 32.2 Å².